The zero-order chi connectivity index (χ0) is 22.2. The molecular formula is C25H28N4O2. The van der Waals surface area contributed by atoms with E-state index in [2.05, 4.69) is 33.4 Å². The Bertz CT molecular complexity index is 1190. The van der Waals surface area contributed by atoms with Crippen LogP contribution >= 0.6 is 0 Å². The van der Waals surface area contributed by atoms with Crippen LogP contribution in [-0.2, 0) is 29.7 Å². The molecule has 1 aromatic heterocycles. The molecule has 2 heterocycles. The van der Waals surface area contributed by atoms with Crippen molar-refractivity contribution in [3.63, 3.8) is 0 Å². The number of rotatable bonds is 4. The van der Waals surface area contributed by atoms with Crippen LogP contribution < -0.4 is 10.6 Å². The van der Waals surface area contributed by atoms with Crippen LogP contribution in [0.5, 0.6) is 0 Å². The molecule has 0 spiro atoms. The quantitative estimate of drug-likeness (QED) is 0.638. The van der Waals surface area contributed by atoms with Crippen LogP contribution in [0.25, 0.3) is 17.0 Å². The Kier molecular flexibility index (Phi) is 5.41. The zero-order valence-corrected chi connectivity index (χ0v) is 18.4. The molecule has 3 aromatic rings. The van der Waals surface area contributed by atoms with E-state index in [9.17, 15) is 9.59 Å². The number of carbonyl (C=O) groups is 2. The van der Waals surface area contributed by atoms with Gasteiger partial charge in [0.2, 0.25) is 11.8 Å². The molecular weight excluding hydrogens is 388 g/mol. The summed E-state index contributed by atoms with van der Waals surface area (Å²) >= 11 is 0. The number of anilines is 1. The standard InChI is InChI=1S/C25H28N4O2/c1-25(2)24(31)27-21-11-9-17(13-19(21)15-26-25)10-12-23(30)28(3)16-20-14-18-7-5-6-8-22(18)29(20)4/h5-14,26H,15-16H2,1-4H3,(H,27,31). The molecule has 0 fully saturated rings. The van der Waals surface area contributed by atoms with Crippen molar-refractivity contribution in [1.29, 1.82) is 0 Å². The molecule has 4 rings (SSSR count). The van der Waals surface area contributed by atoms with Crippen molar-refractivity contribution in [1.82, 2.24) is 14.8 Å². The van der Waals surface area contributed by atoms with E-state index in [1.807, 2.05) is 64.4 Å². The predicted octanol–water partition coefficient (Wildman–Crippen LogP) is 3.67. The maximum atomic E-state index is 12.7. The van der Waals surface area contributed by atoms with Crippen LogP contribution in [0.15, 0.2) is 54.6 Å². The lowest BCUT2D eigenvalue weighted by atomic mass is 10.1. The topological polar surface area (TPSA) is 66.4 Å². The van der Waals surface area contributed by atoms with Crippen LogP contribution in [0.4, 0.5) is 5.69 Å². The number of fused-ring (bicyclic) bond motifs is 2. The molecule has 1 aliphatic rings. The number of hydrogen-bond acceptors (Lipinski definition) is 3. The number of aryl methyl sites for hydroxylation is 1. The van der Waals surface area contributed by atoms with E-state index >= 15 is 0 Å². The number of benzene rings is 2. The zero-order valence-electron chi connectivity index (χ0n) is 18.4. The Morgan fingerprint density at radius 2 is 1.97 bits per heavy atom. The Balaban J connectivity index is 1.46. The first-order valence-corrected chi connectivity index (χ1v) is 10.4. The summed E-state index contributed by atoms with van der Waals surface area (Å²) < 4.78 is 2.12. The summed E-state index contributed by atoms with van der Waals surface area (Å²) in [5, 5.41) is 7.40. The number of hydrogen-bond donors (Lipinski definition) is 2. The van der Waals surface area contributed by atoms with E-state index in [0.29, 0.717) is 13.1 Å². The van der Waals surface area contributed by atoms with Crippen LogP contribution in [0.1, 0.15) is 30.7 Å². The van der Waals surface area contributed by atoms with E-state index in [1.165, 1.54) is 5.39 Å². The highest BCUT2D eigenvalue weighted by Gasteiger charge is 2.30. The van der Waals surface area contributed by atoms with Gasteiger partial charge in [-0.15, -0.1) is 0 Å². The van der Waals surface area contributed by atoms with Gasteiger partial charge in [-0.2, -0.15) is 0 Å². The highest BCUT2D eigenvalue weighted by Crippen LogP contribution is 2.24. The number of carbonyl (C=O) groups excluding carboxylic acids is 2. The summed E-state index contributed by atoms with van der Waals surface area (Å²) in [7, 11) is 3.83. The van der Waals surface area contributed by atoms with Crippen molar-refractivity contribution in [3.05, 3.63) is 71.4 Å². The normalized spacial score (nSPS) is 15.5. The van der Waals surface area contributed by atoms with Gasteiger partial charge in [-0.3, -0.25) is 14.9 Å². The molecule has 2 aromatic carbocycles. The van der Waals surface area contributed by atoms with Crippen molar-refractivity contribution in [2.45, 2.75) is 32.5 Å². The Morgan fingerprint density at radius 1 is 1.19 bits per heavy atom. The van der Waals surface area contributed by atoms with Crippen LogP contribution in [-0.4, -0.2) is 33.9 Å². The van der Waals surface area contributed by atoms with Gasteiger partial charge >= 0.3 is 0 Å². The molecule has 6 nitrogen and oxygen atoms in total. The molecule has 0 atom stereocenters. The maximum absolute atomic E-state index is 12.7. The molecule has 0 radical (unpaired) electrons. The van der Waals surface area contributed by atoms with Gasteiger partial charge in [-0.05, 0) is 60.7 Å². The highest BCUT2D eigenvalue weighted by molar-refractivity contribution is 5.99. The van der Waals surface area contributed by atoms with Crippen LogP contribution in [0, 0.1) is 0 Å². The molecule has 31 heavy (non-hydrogen) atoms. The van der Waals surface area contributed by atoms with Gasteiger partial charge < -0.3 is 14.8 Å². The molecule has 6 heteroatoms. The summed E-state index contributed by atoms with van der Waals surface area (Å²) in [4.78, 5) is 26.7. The molecule has 0 aliphatic carbocycles. The Labute approximate surface area is 182 Å². The molecule has 2 N–H and O–H groups in total. The second-order valence-electron chi connectivity index (χ2n) is 8.63. The number of nitrogens with zero attached hydrogens (tertiary/aromatic N) is 2. The first kappa shape index (κ1) is 20.9. The van der Waals surface area contributed by atoms with Crippen molar-refractivity contribution < 1.29 is 9.59 Å². The number of likely N-dealkylation sites (N-methyl/N-ethyl adjacent to an activating group) is 1. The van der Waals surface area contributed by atoms with E-state index < -0.39 is 5.54 Å². The van der Waals surface area contributed by atoms with Crippen LogP contribution in [0.3, 0.4) is 0 Å². The first-order valence-electron chi connectivity index (χ1n) is 10.4. The molecule has 2 amide bonds. The lowest BCUT2D eigenvalue weighted by molar-refractivity contribution is -0.125. The van der Waals surface area contributed by atoms with E-state index in [1.54, 1.807) is 11.0 Å². The fraction of sp³-hybridized carbons (Fsp3) is 0.280. The number of nitrogens with one attached hydrogen (secondary N) is 2. The average Bonchev–Trinajstić information content (AvgIpc) is 3.00. The fourth-order valence-electron chi connectivity index (χ4n) is 3.77. The van der Waals surface area contributed by atoms with Gasteiger partial charge in [0.15, 0.2) is 0 Å². The van der Waals surface area contributed by atoms with Gasteiger partial charge in [-0.1, -0.05) is 24.3 Å². The van der Waals surface area contributed by atoms with E-state index in [4.69, 9.17) is 0 Å². The van der Waals surface area contributed by atoms with Crippen LogP contribution in [0.2, 0.25) is 0 Å². The SMILES string of the molecule is CN(Cc1cc2ccccc2n1C)C(=O)C=Cc1ccc2c(c1)CNC(C)(C)C(=O)N2. The maximum Gasteiger partial charge on any atom is 0.246 e. The second kappa shape index (κ2) is 8.04. The van der Waals surface area contributed by atoms with Gasteiger partial charge in [0.25, 0.3) is 0 Å². The lowest BCUT2D eigenvalue weighted by Crippen LogP contribution is -2.47. The fourth-order valence-corrected chi connectivity index (χ4v) is 3.77. The third-order valence-corrected chi connectivity index (χ3v) is 5.91. The second-order valence-corrected chi connectivity index (χ2v) is 8.63. The number of aromatic nitrogens is 1. The third-order valence-electron chi connectivity index (χ3n) is 5.91. The number of para-hydroxylation sites is 1. The van der Waals surface area contributed by atoms with Gasteiger partial charge in [0.1, 0.15) is 0 Å². The van der Waals surface area contributed by atoms with Gasteiger partial charge in [-0.25, -0.2) is 0 Å². The summed E-state index contributed by atoms with van der Waals surface area (Å²) in [6, 6.07) is 16.1. The van der Waals surface area contributed by atoms with Crippen molar-refractivity contribution in [2.24, 2.45) is 7.05 Å². The largest absolute Gasteiger partial charge is 0.346 e. The average molecular weight is 417 g/mol. The summed E-state index contributed by atoms with van der Waals surface area (Å²) in [5.41, 5.74) is 4.33. The van der Waals surface area contributed by atoms with Gasteiger partial charge in [0, 0.05) is 43.6 Å². The monoisotopic (exact) mass is 416 g/mol. The lowest BCUT2D eigenvalue weighted by Gasteiger charge is -2.21. The Morgan fingerprint density at radius 3 is 2.74 bits per heavy atom. The predicted molar refractivity (Wildman–Crippen MR) is 124 cm³/mol. The smallest absolute Gasteiger partial charge is 0.246 e. The minimum Gasteiger partial charge on any atom is -0.346 e. The summed E-state index contributed by atoms with van der Waals surface area (Å²) in [6.45, 7) is 4.83. The molecule has 0 saturated carbocycles. The third kappa shape index (κ3) is 4.25. The molecule has 0 bridgehead atoms. The minimum absolute atomic E-state index is 0.0559. The number of amides is 2. The molecule has 1 aliphatic heterocycles. The Hall–Kier alpha value is -3.38. The van der Waals surface area contributed by atoms with E-state index in [0.717, 1.165) is 28.0 Å². The highest BCUT2D eigenvalue weighted by atomic mass is 16.2. The first-order chi connectivity index (χ1) is 14.7. The molecule has 0 unspecified atom stereocenters. The summed E-state index contributed by atoms with van der Waals surface area (Å²) in [6.07, 6.45) is 3.41. The van der Waals surface area contributed by atoms with Crippen molar-refractivity contribution >= 4 is 34.5 Å². The van der Waals surface area contributed by atoms with Crippen molar-refractivity contribution in [3.8, 4) is 0 Å². The molecule has 0 saturated heterocycles. The summed E-state index contributed by atoms with van der Waals surface area (Å²) in [5.74, 6) is -0.118. The van der Waals surface area contributed by atoms with Gasteiger partial charge in [0.05, 0.1) is 12.1 Å². The van der Waals surface area contributed by atoms with Crippen molar-refractivity contribution in [2.75, 3.05) is 12.4 Å². The minimum atomic E-state index is -0.630. The molecule has 160 valence electrons. The van der Waals surface area contributed by atoms with E-state index in [-0.39, 0.29) is 11.8 Å².